The fourth-order valence-electron chi connectivity index (χ4n) is 1.48. The van der Waals surface area contributed by atoms with Crippen molar-refractivity contribution in [3.05, 3.63) is 29.3 Å². The number of anilines is 1. The zero-order chi connectivity index (χ0) is 13.6. The number of benzene rings is 1. The zero-order valence-corrected chi connectivity index (χ0v) is 11.5. The van der Waals surface area contributed by atoms with Crippen molar-refractivity contribution >= 4 is 15.7 Å². The molecular formula is C13H18N2O2S. The Balaban J connectivity index is 3.09. The number of nitrogens with one attached hydrogen (secondary N) is 1. The Bertz CT molecular complexity index is 568. The van der Waals surface area contributed by atoms with Crippen molar-refractivity contribution in [1.82, 2.24) is 0 Å². The molecule has 3 N–H and O–H groups in total. The van der Waals surface area contributed by atoms with Crippen molar-refractivity contribution < 1.29 is 8.42 Å². The van der Waals surface area contributed by atoms with Gasteiger partial charge in [-0.2, -0.15) is 0 Å². The molecule has 0 radical (unpaired) electrons. The van der Waals surface area contributed by atoms with Crippen molar-refractivity contribution in [1.29, 1.82) is 0 Å². The maximum absolute atomic E-state index is 11.7. The number of hydrogen-bond donors (Lipinski definition) is 2. The number of nitrogens with two attached hydrogens (primary N) is 1. The molecule has 0 aliphatic rings. The summed E-state index contributed by atoms with van der Waals surface area (Å²) in [5.41, 5.74) is 7.51. The second kappa shape index (κ2) is 6.43. The highest BCUT2D eigenvalue weighted by Crippen LogP contribution is 2.18. The summed E-state index contributed by atoms with van der Waals surface area (Å²) < 4.78 is 26.0. The molecule has 0 spiro atoms. The number of hydrogen-bond acceptors (Lipinski definition) is 3. The molecule has 0 saturated heterocycles. The van der Waals surface area contributed by atoms with E-state index in [4.69, 9.17) is 5.73 Å². The smallest absolute Gasteiger partial charge is 0.232 e. The summed E-state index contributed by atoms with van der Waals surface area (Å²) in [5, 5.41) is 0. The molecule has 0 unspecified atom stereocenters. The normalized spacial score (nSPS) is 10.6. The second-order valence-corrected chi connectivity index (χ2v) is 5.82. The Labute approximate surface area is 109 Å². The molecule has 4 nitrogen and oxygen atoms in total. The molecule has 0 aromatic heterocycles. The van der Waals surface area contributed by atoms with E-state index in [-0.39, 0.29) is 12.3 Å². The van der Waals surface area contributed by atoms with Gasteiger partial charge < -0.3 is 5.73 Å². The van der Waals surface area contributed by atoms with Gasteiger partial charge in [0.1, 0.15) is 0 Å². The van der Waals surface area contributed by atoms with Gasteiger partial charge in [0.05, 0.1) is 18.0 Å². The van der Waals surface area contributed by atoms with Gasteiger partial charge in [0.15, 0.2) is 0 Å². The van der Waals surface area contributed by atoms with Crippen LogP contribution in [0, 0.1) is 18.8 Å². The van der Waals surface area contributed by atoms with Gasteiger partial charge in [0, 0.05) is 5.56 Å². The van der Waals surface area contributed by atoms with Gasteiger partial charge in [0.2, 0.25) is 10.0 Å². The molecule has 18 heavy (non-hydrogen) atoms. The van der Waals surface area contributed by atoms with Crippen LogP contribution < -0.4 is 10.5 Å². The van der Waals surface area contributed by atoms with Gasteiger partial charge in [-0.15, -0.1) is 0 Å². The highest BCUT2D eigenvalue weighted by Gasteiger charge is 2.11. The lowest BCUT2D eigenvalue weighted by molar-refractivity contribution is 0.600. The van der Waals surface area contributed by atoms with E-state index < -0.39 is 10.0 Å². The largest absolute Gasteiger partial charge is 0.320 e. The summed E-state index contributed by atoms with van der Waals surface area (Å²) in [6.07, 6.45) is 0.574. The molecule has 0 aliphatic carbocycles. The quantitative estimate of drug-likeness (QED) is 0.810. The van der Waals surface area contributed by atoms with Crippen LogP contribution in [0.15, 0.2) is 18.2 Å². The van der Waals surface area contributed by atoms with Gasteiger partial charge in [-0.05, 0) is 31.0 Å². The maximum Gasteiger partial charge on any atom is 0.232 e. The molecule has 1 aromatic rings. The van der Waals surface area contributed by atoms with Crippen LogP contribution >= 0.6 is 0 Å². The topological polar surface area (TPSA) is 72.2 Å². The Morgan fingerprint density at radius 1 is 1.39 bits per heavy atom. The minimum Gasteiger partial charge on any atom is -0.320 e. The van der Waals surface area contributed by atoms with Crippen molar-refractivity contribution in [3.8, 4) is 11.8 Å². The summed E-state index contributed by atoms with van der Waals surface area (Å²) in [4.78, 5) is 0. The summed E-state index contributed by atoms with van der Waals surface area (Å²) in [6.45, 7) is 4.00. The highest BCUT2D eigenvalue weighted by atomic mass is 32.2. The molecule has 0 atom stereocenters. The molecular weight excluding hydrogens is 248 g/mol. The Morgan fingerprint density at radius 2 is 2.11 bits per heavy atom. The molecule has 5 heteroatoms. The number of sulfonamides is 1. The van der Waals surface area contributed by atoms with E-state index in [9.17, 15) is 8.42 Å². The molecule has 0 heterocycles. The third-order valence-electron chi connectivity index (χ3n) is 2.24. The van der Waals surface area contributed by atoms with Crippen LogP contribution in [0.5, 0.6) is 0 Å². The fraction of sp³-hybridized carbons (Fsp3) is 0.385. The van der Waals surface area contributed by atoms with E-state index >= 15 is 0 Å². The molecule has 98 valence electrons. The number of aryl methyl sites for hydroxylation is 1. The number of rotatable bonds is 4. The second-order valence-electron chi connectivity index (χ2n) is 3.98. The van der Waals surface area contributed by atoms with E-state index in [1.165, 1.54) is 0 Å². The predicted octanol–water partition coefficient (Wildman–Crippen LogP) is 1.46. The van der Waals surface area contributed by atoms with E-state index in [1.807, 2.05) is 26.0 Å². The Kier molecular flexibility index (Phi) is 5.20. The lowest BCUT2D eigenvalue weighted by Gasteiger charge is -2.09. The van der Waals surface area contributed by atoms with Crippen LogP contribution in [0.2, 0.25) is 0 Å². The molecule has 1 rings (SSSR count). The van der Waals surface area contributed by atoms with Crippen LogP contribution in [-0.4, -0.2) is 20.7 Å². The maximum atomic E-state index is 11.7. The van der Waals surface area contributed by atoms with Gasteiger partial charge in [-0.3, -0.25) is 4.72 Å². The summed E-state index contributed by atoms with van der Waals surface area (Å²) in [7, 11) is -3.29. The minimum absolute atomic E-state index is 0.102. The van der Waals surface area contributed by atoms with E-state index in [0.29, 0.717) is 17.7 Å². The van der Waals surface area contributed by atoms with Gasteiger partial charge in [-0.25, -0.2) is 8.42 Å². The highest BCUT2D eigenvalue weighted by molar-refractivity contribution is 7.92. The lowest BCUT2D eigenvalue weighted by Crippen LogP contribution is -2.16. The van der Waals surface area contributed by atoms with Crippen LogP contribution in [-0.2, 0) is 10.0 Å². The van der Waals surface area contributed by atoms with Crippen LogP contribution in [0.3, 0.4) is 0 Å². The third kappa shape index (κ3) is 4.40. The standard InChI is InChI=1S/C13H18N2O2S/c1-3-9-18(16,17)15-13-7-6-11(2)10-12(13)5-4-8-14/h6-7,10,15H,3,8-9,14H2,1-2H3. The molecule has 1 aromatic carbocycles. The SMILES string of the molecule is CCCS(=O)(=O)Nc1ccc(C)cc1C#CCN. The average molecular weight is 266 g/mol. The summed E-state index contributed by atoms with van der Waals surface area (Å²) in [5.74, 6) is 5.71. The first-order valence-electron chi connectivity index (χ1n) is 5.78. The third-order valence-corrected chi connectivity index (χ3v) is 3.72. The van der Waals surface area contributed by atoms with Crippen molar-refractivity contribution in [2.45, 2.75) is 20.3 Å². The first-order chi connectivity index (χ1) is 8.48. The summed E-state index contributed by atoms with van der Waals surface area (Å²) in [6, 6.07) is 5.41. The molecule has 0 aliphatic heterocycles. The van der Waals surface area contributed by atoms with Crippen LogP contribution in [0.1, 0.15) is 24.5 Å². The average Bonchev–Trinajstić information content (AvgIpc) is 2.29. The Hall–Kier alpha value is -1.51. The van der Waals surface area contributed by atoms with Gasteiger partial charge in [-0.1, -0.05) is 24.8 Å². The van der Waals surface area contributed by atoms with E-state index in [2.05, 4.69) is 16.6 Å². The van der Waals surface area contributed by atoms with Gasteiger partial charge in [0.25, 0.3) is 0 Å². The van der Waals surface area contributed by atoms with Crippen LogP contribution in [0.25, 0.3) is 0 Å². The van der Waals surface area contributed by atoms with Crippen molar-refractivity contribution in [2.75, 3.05) is 17.0 Å². The fourth-order valence-corrected chi connectivity index (χ4v) is 2.64. The molecule has 0 bridgehead atoms. The van der Waals surface area contributed by atoms with Crippen LogP contribution in [0.4, 0.5) is 5.69 Å². The lowest BCUT2D eigenvalue weighted by atomic mass is 10.1. The van der Waals surface area contributed by atoms with Crippen molar-refractivity contribution in [2.24, 2.45) is 5.73 Å². The molecule has 0 saturated carbocycles. The summed E-state index contributed by atoms with van der Waals surface area (Å²) >= 11 is 0. The predicted molar refractivity (Wildman–Crippen MR) is 74.8 cm³/mol. The van der Waals surface area contributed by atoms with E-state index in [0.717, 1.165) is 5.56 Å². The zero-order valence-electron chi connectivity index (χ0n) is 10.7. The monoisotopic (exact) mass is 266 g/mol. The van der Waals surface area contributed by atoms with E-state index in [1.54, 1.807) is 6.07 Å². The van der Waals surface area contributed by atoms with Gasteiger partial charge >= 0.3 is 0 Å². The molecule has 0 amide bonds. The first kappa shape index (κ1) is 14.6. The Morgan fingerprint density at radius 3 is 2.72 bits per heavy atom. The minimum atomic E-state index is -3.29. The molecule has 0 fully saturated rings. The van der Waals surface area contributed by atoms with Crippen molar-refractivity contribution in [3.63, 3.8) is 0 Å². The first-order valence-corrected chi connectivity index (χ1v) is 7.44.